The van der Waals surface area contributed by atoms with Gasteiger partial charge in [0.05, 0.1) is 0 Å². The lowest BCUT2D eigenvalue weighted by Crippen LogP contribution is -1.95. The first kappa shape index (κ1) is 9.65. The number of thiophene rings is 1. The van der Waals surface area contributed by atoms with Crippen LogP contribution in [-0.4, -0.2) is 12.8 Å². The number of fused-ring (bicyclic) bond motifs is 1. The lowest BCUT2D eigenvalue weighted by molar-refractivity contribution is 1.36. The molecule has 0 aromatic carbocycles. The van der Waals surface area contributed by atoms with Crippen LogP contribution >= 0.6 is 44.6 Å². The van der Waals surface area contributed by atoms with Gasteiger partial charge in [0.1, 0.15) is 5.15 Å². The molecule has 2 rings (SSSR count). The van der Waals surface area contributed by atoms with Crippen molar-refractivity contribution in [3.63, 3.8) is 0 Å². The molecule has 0 saturated heterocycles. The summed E-state index contributed by atoms with van der Waals surface area (Å²) in [5.74, 6) is 0. The van der Waals surface area contributed by atoms with Crippen LogP contribution in [0.1, 0.15) is 0 Å². The van der Waals surface area contributed by atoms with Crippen molar-refractivity contribution in [3.8, 4) is 0 Å². The summed E-state index contributed by atoms with van der Waals surface area (Å²) in [4.78, 5) is 5.06. The number of nitrogens with zero attached hydrogens (tertiary/aromatic N) is 1. The molecule has 2 aromatic rings. The van der Waals surface area contributed by atoms with Gasteiger partial charge in [-0.05, 0) is 32.5 Å². The molecular formula is C7H4BCl2NS2. The molecule has 0 amide bonds. The minimum atomic E-state index is 0.532. The van der Waals surface area contributed by atoms with Crippen LogP contribution in [0.2, 0.25) is 5.15 Å². The zero-order valence-electron chi connectivity index (χ0n) is 6.67. The highest BCUT2D eigenvalue weighted by atomic mass is 35.7. The molecule has 0 N–H and O–H groups in total. The van der Waals surface area contributed by atoms with Gasteiger partial charge in [-0.2, -0.15) is 0 Å². The Kier molecular flexibility index (Phi) is 2.74. The minimum Gasteiger partial charge on any atom is -0.244 e. The monoisotopic (exact) mass is 247 g/mol. The average molecular weight is 248 g/mol. The molecule has 2 heterocycles. The smallest absolute Gasteiger partial charge is 0.154 e. The fraction of sp³-hybridized carbons (Fsp3) is 0. The van der Waals surface area contributed by atoms with Gasteiger partial charge in [0.15, 0.2) is 7.85 Å². The highest BCUT2D eigenvalue weighted by Crippen LogP contribution is 2.36. The minimum absolute atomic E-state index is 0.532. The van der Waals surface area contributed by atoms with Crippen LogP contribution in [0.15, 0.2) is 17.2 Å². The van der Waals surface area contributed by atoms with Crippen molar-refractivity contribution in [2.75, 3.05) is 0 Å². The number of halogens is 2. The number of pyridine rings is 1. The van der Waals surface area contributed by atoms with E-state index in [9.17, 15) is 0 Å². The maximum atomic E-state index is 5.98. The number of rotatable bonds is 1. The summed E-state index contributed by atoms with van der Waals surface area (Å²) in [5, 5.41) is 1.51. The summed E-state index contributed by atoms with van der Waals surface area (Å²) in [6, 6.07) is 1.95. The second kappa shape index (κ2) is 3.69. The van der Waals surface area contributed by atoms with E-state index in [1.54, 1.807) is 17.5 Å². The molecule has 0 atom stereocenters. The third kappa shape index (κ3) is 1.56. The first-order chi connectivity index (χ1) is 6.24. The van der Waals surface area contributed by atoms with Gasteiger partial charge in [-0.15, -0.1) is 11.3 Å². The van der Waals surface area contributed by atoms with E-state index in [1.165, 1.54) is 15.8 Å². The van der Waals surface area contributed by atoms with Crippen molar-refractivity contribution in [1.82, 2.24) is 4.98 Å². The van der Waals surface area contributed by atoms with E-state index in [0.29, 0.717) is 5.15 Å². The Bertz CT molecular complexity index is 457. The lowest BCUT2D eigenvalue weighted by atomic mass is 10.1. The molecule has 0 bridgehead atoms. The fourth-order valence-corrected chi connectivity index (χ4v) is 3.93. The van der Waals surface area contributed by atoms with Gasteiger partial charge < -0.3 is 0 Å². The van der Waals surface area contributed by atoms with Gasteiger partial charge in [0.2, 0.25) is 0 Å². The highest BCUT2D eigenvalue weighted by molar-refractivity contribution is 8.21. The van der Waals surface area contributed by atoms with Crippen LogP contribution in [0.4, 0.5) is 0 Å². The first-order valence-corrected chi connectivity index (χ1v) is 6.40. The summed E-state index contributed by atoms with van der Waals surface area (Å²) in [6.45, 7) is 0. The molecular weight excluding hydrogens is 244 g/mol. The molecule has 0 aliphatic heterocycles. The summed E-state index contributed by atoms with van der Waals surface area (Å²) in [7, 11) is 9.00. The van der Waals surface area contributed by atoms with Gasteiger partial charge in [-0.1, -0.05) is 11.6 Å². The number of aromatic nitrogens is 1. The normalized spacial score (nSPS) is 10.9. The van der Waals surface area contributed by atoms with Crippen LogP contribution in [-0.2, 0) is 0 Å². The summed E-state index contributed by atoms with van der Waals surface area (Å²) >= 11 is 7.67. The second-order valence-electron chi connectivity index (χ2n) is 2.54. The van der Waals surface area contributed by atoms with Gasteiger partial charge >= 0.3 is 0 Å². The van der Waals surface area contributed by atoms with Gasteiger partial charge in [-0.25, -0.2) is 4.98 Å². The van der Waals surface area contributed by atoms with Crippen LogP contribution < -0.4 is 4.78 Å². The second-order valence-corrected chi connectivity index (χ2v) is 5.18. The van der Waals surface area contributed by atoms with E-state index in [2.05, 4.69) is 4.98 Å². The number of hydrogen-bond acceptors (Lipinski definition) is 3. The third-order valence-electron chi connectivity index (χ3n) is 1.75. The standard InChI is InChI=1S/C7H4BCl2NS2/c8-6-5(13-10)4-3(12-6)1-2-11-7(4)9/h1-2H,8H2. The van der Waals surface area contributed by atoms with E-state index in [-0.39, 0.29) is 0 Å². The maximum absolute atomic E-state index is 5.98. The lowest BCUT2D eigenvalue weighted by Gasteiger charge is -1.95. The predicted octanol–water partition coefficient (Wildman–Crippen LogP) is 2.45. The molecule has 13 heavy (non-hydrogen) atoms. The molecule has 0 saturated carbocycles. The predicted molar refractivity (Wildman–Crippen MR) is 64.5 cm³/mol. The molecule has 0 aliphatic carbocycles. The van der Waals surface area contributed by atoms with Gasteiger partial charge in [0, 0.05) is 21.2 Å². The van der Waals surface area contributed by atoms with Crippen LogP contribution in [0.3, 0.4) is 0 Å². The number of hydrogen-bond donors (Lipinski definition) is 0. The van der Waals surface area contributed by atoms with Gasteiger partial charge in [0.25, 0.3) is 0 Å². The van der Waals surface area contributed by atoms with E-state index in [1.807, 2.05) is 13.9 Å². The van der Waals surface area contributed by atoms with Crippen LogP contribution in [0.5, 0.6) is 0 Å². The summed E-state index contributed by atoms with van der Waals surface area (Å²) < 4.78 is 2.32. The topological polar surface area (TPSA) is 12.9 Å². The van der Waals surface area contributed by atoms with Crippen LogP contribution in [0.25, 0.3) is 10.1 Å². The Hall–Kier alpha value is 0.105. The molecule has 0 unspecified atom stereocenters. The molecule has 0 spiro atoms. The Balaban J connectivity index is 2.88. The zero-order valence-corrected chi connectivity index (χ0v) is 9.82. The van der Waals surface area contributed by atoms with Crippen molar-refractivity contribution < 1.29 is 0 Å². The van der Waals surface area contributed by atoms with Crippen LogP contribution in [0, 0.1) is 0 Å². The largest absolute Gasteiger partial charge is 0.244 e. The quantitative estimate of drug-likeness (QED) is 0.567. The van der Waals surface area contributed by atoms with Crippen molar-refractivity contribution in [2.24, 2.45) is 0 Å². The van der Waals surface area contributed by atoms with E-state index >= 15 is 0 Å². The van der Waals surface area contributed by atoms with Gasteiger partial charge in [-0.3, -0.25) is 0 Å². The zero-order chi connectivity index (χ0) is 9.42. The Morgan fingerprint density at radius 1 is 1.54 bits per heavy atom. The van der Waals surface area contributed by atoms with E-state index < -0.39 is 0 Å². The third-order valence-corrected chi connectivity index (χ3v) is 4.37. The maximum Gasteiger partial charge on any atom is 0.154 e. The van der Waals surface area contributed by atoms with Crippen molar-refractivity contribution in [3.05, 3.63) is 17.4 Å². The SMILES string of the molecule is Bc1sc2ccnc(Cl)c2c1SCl. The summed E-state index contributed by atoms with van der Waals surface area (Å²) in [5.41, 5.74) is 0. The highest BCUT2D eigenvalue weighted by Gasteiger charge is 2.11. The molecule has 66 valence electrons. The molecule has 0 fully saturated rings. The first-order valence-electron chi connectivity index (χ1n) is 3.56. The fourth-order valence-electron chi connectivity index (χ4n) is 1.19. The van der Waals surface area contributed by atoms with Crippen molar-refractivity contribution in [1.29, 1.82) is 0 Å². The van der Waals surface area contributed by atoms with E-state index in [0.717, 1.165) is 15.0 Å². The average Bonchev–Trinajstić information content (AvgIpc) is 2.42. The van der Waals surface area contributed by atoms with Crippen molar-refractivity contribution in [2.45, 2.75) is 4.90 Å². The summed E-state index contributed by atoms with van der Waals surface area (Å²) in [6.07, 6.45) is 1.71. The van der Waals surface area contributed by atoms with Crippen molar-refractivity contribution >= 4 is 67.3 Å². The molecule has 2 aromatic heterocycles. The molecule has 1 nitrogen and oxygen atoms in total. The van der Waals surface area contributed by atoms with E-state index in [4.69, 9.17) is 22.3 Å². The molecule has 0 aliphatic rings. The Labute approximate surface area is 94.4 Å². The molecule has 6 heteroatoms. The molecule has 0 radical (unpaired) electrons. The Morgan fingerprint density at radius 2 is 2.31 bits per heavy atom. The Morgan fingerprint density at radius 3 is 3.00 bits per heavy atom.